The van der Waals surface area contributed by atoms with Crippen LogP contribution in [-0.2, 0) is 11.3 Å². The van der Waals surface area contributed by atoms with E-state index in [0.717, 1.165) is 10.5 Å². The van der Waals surface area contributed by atoms with Gasteiger partial charge in [-0.1, -0.05) is 23.7 Å². The number of nitro benzene ring substituents is 1. The molecule has 0 aliphatic heterocycles. The molecule has 8 heteroatoms. The second-order valence-electron chi connectivity index (χ2n) is 6.01. The first-order valence-corrected chi connectivity index (χ1v) is 8.39. The number of carbonyl (C=O) groups is 1. The fourth-order valence-corrected chi connectivity index (χ4v) is 2.71. The lowest BCUT2D eigenvalue weighted by molar-refractivity contribution is -0.907. The highest BCUT2D eigenvalue weighted by atomic mass is 35.5. The van der Waals surface area contributed by atoms with Crippen LogP contribution in [0.4, 0.5) is 11.4 Å². The molecule has 0 aliphatic carbocycles. The molecule has 2 aromatic rings. The molecule has 0 saturated carbocycles. The molecule has 0 aromatic heterocycles. The monoisotopic (exact) mass is 378 g/mol. The molecule has 2 rings (SSSR count). The van der Waals surface area contributed by atoms with Gasteiger partial charge in [-0.3, -0.25) is 14.9 Å². The molecule has 0 radical (unpaired) electrons. The number of anilines is 1. The van der Waals surface area contributed by atoms with Gasteiger partial charge < -0.3 is 15.0 Å². The number of hydrogen-bond donors (Lipinski definition) is 2. The Morgan fingerprint density at radius 1 is 1.35 bits per heavy atom. The number of quaternary nitrogens is 1. The van der Waals surface area contributed by atoms with Gasteiger partial charge in [0.1, 0.15) is 12.3 Å². The number of benzene rings is 2. The van der Waals surface area contributed by atoms with E-state index in [2.05, 4.69) is 5.32 Å². The molecule has 0 bridgehead atoms. The number of carbonyl (C=O) groups excluding carboxylic acids is 1. The highest BCUT2D eigenvalue weighted by Crippen LogP contribution is 2.28. The van der Waals surface area contributed by atoms with E-state index < -0.39 is 11.0 Å². The molecule has 0 spiro atoms. The lowest BCUT2D eigenvalue weighted by Gasteiger charge is -2.21. The minimum atomic E-state index is -0.519. The molecular formula is C18H21ClN3O4+. The van der Waals surface area contributed by atoms with Gasteiger partial charge in [0.15, 0.2) is 6.04 Å². The van der Waals surface area contributed by atoms with Crippen molar-refractivity contribution >= 4 is 28.9 Å². The molecule has 0 aliphatic rings. The molecule has 1 unspecified atom stereocenters. The fourth-order valence-electron chi connectivity index (χ4n) is 2.49. The number of rotatable bonds is 7. The molecular weight excluding hydrogens is 358 g/mol. The number of non-ortho nitro benzene ring substituents is 1. The van der Waals surface area contributed by atoms with Crippen LogP contribution in [0.2, 0.25) is 5.02 Å². The summed E-state index contributed by atoms with van der Waals surface area (Å²) >= 11 is 5.99. The normalized spacial score (nSPS) is 12.9. The van der Waals surface area contributed by atoms with Crippen molar-refractivity contribution in [1.82, 2.24) is 0 Å². The zero-order valence-electron chi connectivity index (χ0n) is 14.8. The van der Waals surface area contributed by atoms with Gasteiger partial charge in [-0.25, -0.2) is 0 Å². The van der Waals surface area contributed by atoms with E-state index in [9.17, 15) is 14.9 Å². The largest absolute Gasteiger partial charge is 0.495 e. The van der Waals surface area contributed by atoms with E-state index in [4.69, 9.17) is 16.3 Å². The third-order valence-electron chi connectivity index (χ3n) is 4.16. The summed E-state index contributed by atoms with van der Waals surface area (Å²) in [5.74, 6) is 0.104. The maximum Gasteiger partial charge on any atom is 0.282 e. The minimum Gasteiger partial charge on any atom is -0.495 e. The standard InChI is InChI=1S/C18H20ClN3O4/c1-12(21(2)11-13-5-4-6-14(19)9-13)18(23)20-16-10-15(22(24)25)7-8-17(16)26-3/h4-10,12H,11H2,1-3H3,(H,20,23)/p+1/t12-/m1/s1. The Hall–Kier alpha value is -2.64. The van der Waals surface area contributed by atoms with Crippen molar-refractivity contribution in [3.63, 3.8) is 0 Å². The van der Waals surface area contributed by atoms with Crippen molar-refractivity contribution in [2.24, 2.45) is 0 Å². The van der Waals surface area contributed by atoms with E-state index in [1.807, 2.05) is 25.2 Å². The van der Waals surface area contributed by atoms with E-state index in [1.165, 1.54) is 25.3 Å². The van der Waals surface area contributed by atoms with Gasteiger partial charge in [0.2, 0.25) is 0 Å². The maximum absolute atomic E-state index is 12.6. The smallest absolute Gasteiger partial charge is 0.282 e. The Kier molecular flexibility index (Phi) is 6.54. The summed E-state index contributed by atoms with van der Waals surface area (Å²) in [6, 6.07) is 11.2. The van der Waals surface area contributed by atoms with Gasteiger partial charge >= 0.3 is 0 Å². The molecule has 7 nitrogen and oxygen atoms in total. The van der Waals surface area contributed by atoms with Gasteiger partial charge in [-0.15, -0.1) is 0 Å². The summed E-state index contributed by atoms with van der Waals surface area (Å²) in [6.07, 6.45) is 0. The number of likely N-dealkylation sites (N-methyl/N-ethyl adjacent to an activating group) is 1. The van der Waals surface area contributed by atoms with Crippen LogP contribution in [0.1, 0.15) is 12.5 Å². The SMILES string of the molecule is COc1ccc([N+](=O)[O-])cc1NC(=O)[C@@H](C)[NH+](C)Cc1cccc(Cl)c1. The van der Waals surface area contributed by atoms with Crippen LogP contribution >= 0.6 is 11.6 Å². The Balaban J connectivity index is 2.10. The fraction of sp³-hybridized carbons (Fsp3) is 0.278. The minimum absolute atomic E-state index is 0.117. The third kappa shape index (κ3) is 4.93. The third-order valence-corrected chi connectivity index (χ3v) is 4.39. The predicted octanol–water partition coefficient (Wildman–Crippen LogP) is 2.30. The molecule has 26 heavy (non-hydrogen) atoms. The van der Waals surface area contributed by atoms with Crippen molar-refractivity contribution < 1.29 is 19.4 Å². The molecule has 2 aromatic carbocycles. The van der Waals surface area contributed by atoms with Crippen LogP contribution < -0.4 is 15.0 Å². The summed E-state index contributed by atoms with van der Waals surface area (Å²) in [6.45, 7) is 2.40. The Morgan fingerprint density at radius 2 is 2.08 bits per heavy atom. The predicted molar refractivity (Wildman–Crippen MR) is 99.8 cm³/mol. The highest BCUT2D eigenvalue weighted by Gasteiger charge is 2.24. The average Bonchev–Trinajstić information content (AvgIpc) is 2.60. The molecule has 138 valence electrons. The van der Waals surface area contributed by atoms with Crippen LogP contribution in [0.15, 0.2) is 42.5 Å². The highest BCUT2D eigenvalue weighted by molar-refractivity contribution is 6.30. The summed E-state index contributed by atoms with van der Waals surface area (Å²) in [7, 11) is 3.34. The topological polar surface area (TPSA) is 85.9 Å². The molecule has 0 saturated heterocycles. The average molecular weight is 379 g/mol. The molecule has 2 N–H and O–H groups in total. The first-order valence-electron chi connectivity index (χ1n) is 8.02. The lowest BCUT2D eigenvalue weighted by atomic mass is 10.2. The van der Waals surface area contributed by atoms with Crippen LogP contribution in [-0.4, -0.2) is 31.0 Å². The van der Waals surface area contributed by atoms with E-state index >= 15 is 0 Å². The molecule has 0 heterocycles. The molecule has 0 fully saturated rings. The van der Waals surface area contributed by atoms with E-state index in [1.54, 1.807) is 13.0 Å². The summed E-state index contributed by atoms with van der Waals surface area (Å²) in [4.78, 5) is 24.0. The second-order valence-corrected chi connectivity index (χ2v) is 6.44. The molecule has 2 atom stereocenters. The second kappa shape index (κ2) is 8.64. The van der Waals surface area contributed by atoms with E-state index in [-0.39, 0.29) is 17.3 Å². The Bertz CT molecular complexity index is 813. The van der Waals surface area contributed by atoms with Gasteiger partial charge in [0.05, 0.1) is 24.8 Å². The number of nitrogens with one attached hydrogen (secondary N) is 2. The number of ether oxygens (including phenoxy) is 1. The first-order chi connectivity index (χ1) is 12.3. The molecule has 1 amide bonds. The van der Waals surface area contributed by atoms with Crippen molar-refractivity contribution in [3.8, 4) is 5.75 Å². The lowest BCUT2D eigenvalue weighted by Crippen LogP contribution is -3.12. The van der Waals surface area contributed by atoms with Gasteiger partial charge in [0, 0.05) is 22.7 Å². The van der Waals surface area contributed by atoms with Crippen molar-refractivity contribution in [1.29, 1.82) is 0 Å². The zero-order valence-corrected chi connectivity index (χ0v) is 15.5. The van der Waals surface area contributed by atoms with Crippen molar-refractivity contribution in [2.45, 2.75) is 19.5 Å². The van der Waals surface area contributed by atoms with Gasteiger partial charge in [0.25, 0.3) is 11.6 Å². The number of halogens is 1. The van der Waals surface area contributed by atoms with Crippen LogP contribution in [0.3, 0.4) is 0 Å². The van der Waals surface area contributed by atoms with Crippen LogP contribution in [0.5, 0.6) is 5.75 Å². The van der Waals surface area contributed by atoms with Crippen LogP contribution in [0.25, 0.3) is 0 Å². The zero-order chi connectivity index (χ0) is 19.3. The van der Waals surface area contributed by atoms with Crippen LogP contribution in [0, 0.1) is 10.1 Å². The van der Waals surface area contributed by atoms with Crippen molar-refractivity contribution in [3.05, 3.63) is 63.2 Å². The number of hydrogen-bond acceptors (Lipinski definition) is 4. The quantitative estimate of drug-likeness (QED) is 0.571. The summed E-state index contributed by atoms with van der Waals surface area (Å²) < 4.78 is 5.17. The van der Waals surface area contributed by atoms with Gasteiger partial charge in [-0.05, 0) is 25.1 Å². The summed E-state index contributed by atoms with van der Waals surface area (Å²) in [5.41, 5.74) is 1.17. The number of nitrogens with zero attached hydrogens (tertiary/aromatic N) is 1. The Labute approximate surface area is 156 Å². The number of amides is 1. The van der Waals surface area contributed by atoms with Gasteiger partial charge in [-0.2, -0.15) is 0 Å². The Morgan fingerprint density at radius 3 is 2.69 bits per heavy atom. The number of methoxy groups -OCH3 is 1. The summed E-state index contributed by atoms with van der Waals surface area (Å²) in [5, 5.41) is 14.3. The first kappa shape index (κ1) is 19.7. The number of nitro groups is 1. The maximum atomic E-state index is 12.6. The van der Waals surface area contributed by atoms with E-state index in [0.29, 0.717) is 17.3 Å². The van der Waals surface area contributed by atoms with Crippen molar-refractivity contribution in [2.75, 3.05) is 19.5 Å².